The van der Waals surface area contributed by atoms with Crippen molar-refractivity contribution in [3.8, 4) is 0 Å². The van der Waals surface area contributed by atoms with Crippen molar-refractivity contribution in [2.75, 3.05) is 0 Å². The smallest absolute Gasteiger partial charge is 0.254 e. The number of aryl methyl sites for hydroxylation is 2. The molecule has 0 aliphatic heterocycles. The van der Waals surface area contributed by atoms with E-state index < -0.39 is 0 Å². The van der Waals surface area contributed by atoms with Gasteiger partial charge >= 0.3 is 0 Å². The molecular formula is C28H27Cl2N5O2. The quantitative estimate of drug-likeness (QED) is 0.294. The Labute approximate surface area is 225 Å². The van der Waals surface area contributed by atoms with Crippen LogP contribution in [0.4, 0.5) is 0 Å². The van der Waals surface area contributed by atoms with E-state index in [2.05, 4.69) is 38.4 Å². The van der Waals surface area contributed by atoms with Gasteiger partial charge in [-0.15, -0.1) is 0 Å². The Bertz CT molecular complexity index is 1370. The molecule has 0 fully saturated rings. The van der Waals surface area contributed by atoms with Crippen LogP contribution in [0.25, 0.3) is 0 Å². The van der Waals surface area contributed by atoms with Crippen molar-refractivity contribution < 1.29 is 9.21 Å². The molecule has 1 aliphatic rings. The number of pyridine rings is 2. The van der Waals surface area contributed by atoms with E-state index in [1.54, 1.807) is 6.26 Å². The van der Waals surface area contributed by atoms with Crippen LogP contribution in [-0.4, -0.2) is 25.8 Å². The summed E-state index contributed by atoms with van der Waals surface area (Å²) in [5.74, 6) is 0.330. The topological polar surface area (TPSA) is 84.2 Å². The highest BCUT2D eigenvalue weighted by Gasteiger charge is 2.28. The maximum absolute atomic E-state index is 12.6. The van der Waals surface area contributed by atoms with Gasteiger partial charge in [-0.2, -0.15) is 0 Å². The lowest BCUT2D eigenvalue weighted by molar-refractivity contribution is 0.0951. The van der Waals surface area contributed by atoms with Crippen molar-refractivity contribution in [3.05, 3.63) is 111 Å². The Hall–Kier alpha value is -3.26. The van der Waals surface area contributed by atoms with Crippen LogP contribution in [0, 0.1) is 6.92 Å². The van der Waals surface area contributed by atoms with E-state index in [0.717, 1.165) is 42.8 Å². The lowest BCUT2D eigenvalue weighted by Crippen LogP contribution is -2.31. The van der Waals surface area contributed by atoms with Gasteiger partial charge in [0, 0.05) is 45.1 Å². The molecule has 3 aromatic heterocycles. The van der Waals surface area contributed by atoms with Gasteiger partial charge in [-0.3, -0.25) is 19.7 Å². The summed E-state index contributed by atoms with van der Waals surface area (Å²) in [6.07, 6.45) is 9.66. The molecule has 7 nitrogen and oxygen atoms in total. The highest BCUT2D eigenvalue weighted by molar-refractivity contribution is 6.39. The Morgan fingerprint density at radius 2 is 1.86 bits per heavy atom. The normalized spacial score (nSPS) is 15.0. The summed E-state index contributed by atoms with van der Waals surface area (Å²) in [6.45, 7) is 3.63. The highest BCUT2D eigenvalue weighted by atomic mass is 35.5. The van der Waals surface area contributed by atoms with Crippen LogP contribution >= 0.6 is 23.2 Å². The first-order valence-electron chi connectivity index (χ1n) is 12.2. The van der Waals surface area contributed by atoms with Crippen molar-refractivity contribution >= 4 is 29.1 Å². The van der Waals surface area contributed by atoms with Gasteiger partial charge in [-0.1, -0.05) is 53.5 Å². The average Bonchev–Trinajstić information content (AvgIpc) is 3.32. The van der Waals surface area contributed by atoms with Crippen LogP contribution in [0.15, 0.2) is 65.7 Å². The molecule has 0 bridgehead atoms. The highest BCUT2D eigenvalue weighted by Crippen LogP contribution is 2.34. The van der Waals surface area contributed by atoms with Crippen molar-refractivity contribution in [3.63, 3.8) is 0 Å². The van der Waals surface area contributed by atoms with Gasteiger partial charge in [0.05, 0.1) is 33.0 Å². The third-order valence-electron chi connectivity index (χ3n) is 6.58. The fourth-order valence-electron chi connectivity index (χ4n) is 4.80. The standard InChI is InChI=1S/C28H27Cl2N5O2/c1-18-34-22(17-37-18)16-35(25-6-2-4-21-5-3-11-32-27(21)25)15-20-9-7-19(8-10-20)12-33-28(36)26-23(29)13-31-14-24(26)30/h3,5,7-11,13-14,17,25H,2,4,6,12,15-16H2,1H3,(H,33,36). The molecule has 1 N–H and O–H groups in total. The Balaban J connectivity index is 1.30. The zero-order chi connectivity index (χ0) is 25.8. The molecule has 0 saturated heterocycles. The third-order valence-corrected chi connectivity index (χ3v) is 7.15. The van der Waals surface area contributed by atoms with E-state index in [-0.39, 0.29) is 27.6 Å². The monoisotopic (exact) mass is 535 g/mol. The number of benzene rings is 1. The van der Waals surface area contributed by atoms with Crippen LogP contribution in [0.2, 0.25) is 10.0 Å². The summed E-state index contributed by atoms with van der Waals surface area (Å²) >= 11 is 12.2. The number of carbonyl (C=O) groups excluding carboxylic acids is 1. The molecule has 3 heterocycles. The average molecular weight is 536 g/mol. The maximum atomic E-state index is 12.6. The van der Waals surface area contributed by atoms with E-state index in [0.29, 0.717) is 19.0 Å². The zero-order valence-corrected chi connectivity index (χ0v) is 22.0. The predicted molar refractivity (Wildman–Crippen MR) is 142 cm³/mol. The molecule has 9 heteroatoms. The predicted octanol–water partition coefficient (Wildman–Crippen LogP) is 6.09. The second-order valence-corrected chi connectivity index (χ2v) is 10.0. The fourth-order valence-corrected chi connectivity index (χ4v) is 5.34. The van der Waals surface area contributed by atoms with E-state index in [1.165, 1.54) is 23.5 Å². The number of aromatic nitrogens is 3. The minimum absolute atomic E-state index is 0.204. The third kappa shape index (κ3) is 6.01. The molecule has 4 aromatic rings. The molecule has 0 spiro atoms. The number of hydrogen-bond acceptors (Lipinski definition) is 6. The first kappa shape index (κ1) is 25.4. The second kappa shape index (κ2) is 11.4. The number of carbonyl (C=O) groups is 1. The number of fused-ring (bicyclic) bond motifs is 1. The number of nitrogens with one attached hydrogen (secondary N) is 1. The molecule has 1 unspecified atom stereocenters. The molecule has 0 saturated carbocycles. The molecular weight excluding hydrogens is 509 g/mol. The number of rotatable bonds is 8. The molecule has 1 atom stereocenters. The summed E-state index contributed by atoms with van der Waals surface area (Å²) in [5, 5.41) is 3.33. The largest absolute Gasteiger partial charge is 0.449 e. The number of hydrogen-bond donors (Lipinski definition) is 1. The van der Waals surface area contributed by atoms with Crippen molar-refractivity contribution in [2.24, 2.45) is 0 Å². The lowest BCUT2D eigenvalue weighted by atomic mass is 9.90. The van der Waals surface area contributed by atoms with Crippen molar-refractivity contribution in [1.82, 2.24) is 25.2 Å². The van der Waals surface area contributed by atoms with E-state index in [9.17, 15) is 4.79 Å². The van der Waals surface area contributed by atoms with Crippen molar-refractivity contribution in [2.45, 2.75) is 51.9 Å². The van der Waals surface area contributed by atoms with Crippen LogP contribution in [0.1, 0.15) is 63.2 Å². The van der Waals surface area contributed by atoms with Crippen molar-refractivity contribution in [1.29, 1.82) is 0 Å². The number of oxazole rings is 1. The SMILES string of the molecule is Cc1nc(CN(Cc2ccc(CNC(=O)c3c(Cl)cncc3Cl)cc2)C2CCCc3cccnc32)co1. The second-order valence-electron chi connectivity index (χ2n) is 9.20. The first-order valence-corrected chi connectivity index (χ1v) is 13.0. The van der Waals surface area contributed by atoms with Gasteiger partial charge in [-0.05, 0) is 42.0 Å². The fraction of sp³-hybridized carbons (Fsp3) is 0.286. The van der Waals surface area contributed by atoms with E-state index in [1.807, 2.05) is 31.3 Å². The number of nitrogens with zero attached hydrogens (tertiary/aromatic N) is 4. The Morgan fingerprint density at radius 1 is 1.11 bits per heavy atom. The summed E-state index contributed by atoms with van der Waals surface area (Å²) in [5.41, 5.74) is 5.76. The van der Waals surface area contributed by atoms with Gasteiger partial charge in [-0.25, -0.2) is 4.98 Å². The molecule has 1 aliphatic carbocycles. The van der Waals surface area contributed by atoms with Gasteiger partial charge in [0.15, 0.2) is 5.89 Å². The van der Waals surface area contributed by atoms with E-state index >= 15 is 0 Å². The minimum Gasteiger partial charge on any atom is -0.449 e. The van der Waals surface area contributed by atoms with Gasteiger partial charge in [0.2, 0.25) is 0 Å². The molecule has 1 amide bonds. The summed E-state index contributed by atoms with van der Waals surface area (Å²) in [6, 6.07) is 12.6. The van der Waals surface area contributed by atoms with Gasteiger partial charge in [0.1, 0.15) is 6.26 Å². The molecule has 5 rings (SSSR count). The van der Waals surface area contributed by atoms with Crippen LogP contribution in [0.5, 0.6) is 0 Å². The maximum Gasteiger partial charge on any atom is 0.254 e. The van der Waals surface area contributed by atoms with Crippen LogP contribution < -0.4 is 5.32 Å². The lowest BCUT2D eigenvalue weighted by Gasteiger charge is -2.34. The molecule has 0 radical (unpaired) electrons. The number of halogens is 2. The van der Waals surface area contributed by atoms with Crippen LogP contribution in [0.3, 0.4) is 0 Å². The number of amides is 1. The van der Waals surface area contributed by atoms with Gasteiger partial charge < -0.3 is 9.73 Å². The summed E-state index contributed by atoms with van der Waals surface area (Å²) in [4.78, 5) is 28.2. The molecule has 1 aromatic carbocycles. The first-order chi connectivity index (χ1) is 18.0. The summed E-state index contributed by atoms with van der Waals surface area (Å²) < 4.78 is 5.47. The van der Waals surface area contributed by atoms with E-state index in [4.69, 9.17) is 32.6 Å². The summed E-state index contributed by atoms with van der Waals surface area (Å²) in [7, 11) is 0. The molecule has 190 valence electrons. The van der Waals surface area contributed by atoms with Crippen LogP contribution in [-0.2, 0) is 26.1 Å². The Kier molecular flexibility index (Phi) is 7.84. The Morgan fingerprint density at radius 3 is 2.59 bits per heavy atom. The minimum atomic E-state index is -0.334. The molecule has 37 heavy (non-hydrogen) atoms. The van der Waals surface area contributed by atoms with Gasteiger partial charge in [0.25, 0.3) is 5.91 Å². The zero-order valence-electron chi connectivity index (χ0n) is 20.5.